The number of aryl methyl sites for hydroxylation is 2. The molecule has 4 rings (SSSR count). The Morgan fingerprint density at radius 1 is 1.19 bits per heavy atom. The minimum Gasteiger partial charge on any atom is -0.497 e. The van der Waals surface area contributed by atoms with Crippen molar-refractivity contribution in [3.63, 3.8) is 0 Å². The maximum atomic E-state index is 12.6. The summed E-state index contributed by atoms with van der Waals surface area (Å²) in [6.45, 7) is 4.38. The molecule has 10 heteroatoms. The lowest BCUT2D eigenvalue weighted by molar-refractivity contribution is -0.122. The van der Waals surface area contributed by atoms with Crippen molar-refractivity contribution >= 4 is 5.91 Å². The molecule has 3 N–H and O–H groups in total. The molecular weight excluding hydrogens is 410 g/mol. The standard InChI is InChI=1S/C22H27N7O3/c1-14-11-15(2)29(26-14)20-7-8-21(30)28(27-20)10-9-23-22(31)19-13-18(24-25-19)16-5-4-6-17(12-16)32-3/h4-8,11-12,18-19,24-25H,9-10,13H2,1-3H3,(H,23,31). The Kier molecular flexibility index (Phi) is 6.33. The summed E-state index contributed by atoms with van der Waals surface area (Å²) in [5.41, 5.74) is 8.82. The smallest absolute Gasteiger partial charge is 0.266 e. The van der Waals surface area contributed by atoms with Crippen LogP contribution in [0.3, 0.4) is 0 Å². The minimum atomic E-state index is -0.378. The summed E-state index contributed by atoms with van der Waals surface area (Å²) in [5, 5.41) is 11.7. The first kappa shape index (κ1) is 21.7. The lowest BCUT2D eigenvalue weighted by Crippen LogP contribution is -2.44. The zero-order valence-corrected chi connectivity index (χ0v) is 18.3. The van der Waals surface area contributed by atoms with Gasteiger partial charge < -0.3 is 10.1 Å². The van der Waals surface area contributed by atoms with Crippen molar-refractivity contribution < 1.29 is 9.53 Å². The molecule has 1 aromatic carbocycles. The predicted octanol–water partition coefficient (Wildman–Crippen LogP) is 0.778. The fourth-order valence-corrected chi connectivity index (χ4v) is 3.79. The van der Waals surface area contributed by atoms with E-state index in [2.05, 4.69) is 26.4 Å². The van der Waals surface area contributed by atoms with E-state index in [-0.39, 0.29) is 36.6 Å². The third-order valence-corrected chi connectivity index (χ3v) is 5.42. The van der Waals surface area contributed by atoms with E-state index >= 15 is 0 Å². The van der Waals surface area contributed by atoms with Crippen LogP contribution in [0.15, 0.2) is 47.3 Å². The Bertz CT molecular complexity index is 1170. The quantitative estimate of drug-likeness (QED) is 0.500. The Hall–Kier alpha value is -3.50. The highest BCUT2D eigenvalue weighted by Crippen LogP contribution is 2.25. The lowest BCUT2D eigenvalue weighted by atomic mass is 10.0. The van der Waals surface area contributed by atoms with Crippen molar-refractivity contribution in [3.05, 3.63) is 69.8 Å². The maximum absolute atomic E-state index is 12.6. The zero-order valence-electron chi connectivity index (χ0n) is 18.3. The topological polar surface area (TPSA) is 115 Å². The Morgan fingerprint density at radius 3 is 2.78 bits per heavy atom. The summed E-state index contributed by atoms with van der Waals surface area (Å²) in [7, 11) is 1.63. The highest BCUT2D eigenvalue weighted by molar-refractivity contribution is 5.82. The van der Waals surface area contributed by atoms with E-state index in [1.165, 1.54) is 10.7 Å². The van der Waals surface area contributed by atoms with Gasteiger partial charge in [-0.25, -0.2) is 20.2 Å². The summed E-state index contributed by atoms with van der Waals surface area (Å²) in [4.78, 5) is 24.8. The van der Waals surface area contributed by atoms with Gasteiger partial charge in [0.25, 0.3) is 5.56 Å². The highest BCUT2D eigenvalue weighted by atomic mass is 16.5. The predicted molar refractivity (Wildman–Crippen MR) is 119 cm³/mol. The largest absolute Gasteiger partial charge is 0.497 e. The Labute approximate surface area is 185 Å². The van der Waals surface area contributed by atoms with E-state index in [0.717, 1.165) is 22.7 Å². The Balaban J connectivity index is 1.34. The average Bonchev–Trinajstić information content (AvgIpc) is 3.41. The van der Waals surface area contributed by atoms with E-state index in [1.54, 1.807) is 17.9 Å². The van der Waals surface area contributed by atoms with Crippen molar-refractivity contribution in [2.24, 2.45) is 0 Å². The SMILES string of the molecule is COc1cccc(C2CC(C(=O)NCCn3nc(-n4nc(C)cc4C)ccc3=O)NN2)c1. The number of hydrazine groups is 1. The monoisotopic (exact) mass is 437 g/mol. The van der Waals surface area contributed by atoms with Gasteiger partial charge >= 0.3 is 0 Å². The molecule has 0 radical (unpaired) electrons. The van der Waals surface area contributed by atoms with Gasteiger partial charge in [-0.2, -0.15) is 5.10 Å². The van der Waals surface area contributed by atoms with Crippen molar-refractivity contribution in [1.82, 2.24) is 35.7 Å². The van der Waals surface area contributed by atoms with Gasteiger partial charge in [0.05, 0.1) is 19.3 Å². The number of benzene rings is 1. The molecule has 32 heavy (non-hydrogen) atoms. The molecule has 168 valence electrons. The Morgan fingerprint density at radius 2 is 2.03 bits per heavy atom. The number of rotatable bonds is 7. The summed E-state index contributed by atoms with van der Waals surface area (Å²) in [6, 6.07) is 12.4. The van der Waals surface area contributed by atoms with Crippen molar-refractivity contribution in [1.29, 1.82) is 0 Å². The van der Waals surface area contributed by atoms with Gasteiger partial charge in [0.2, 0.25) is 5.91 Å². The number of amides is 1. The van der Waals surface area contributed by atoms with Crippen LogP contribution in [0.4, 0.5) is 0 Å². The van der Waals surface area contributed by atoms with Gasteiger partial charge in [-0.15, -0.1) is 5.10 Å². The van der Waals surface area contributed by atoms with Gasteiger partial charge in [0, 0.05) is 24.3 Å². The summed E-state index contributed by atoms with van der Waals surface area (Å²) in [6.07, 6.45) is 0.602. The second-order valence-electron chi connectivity index (χ2n) is 7.79. The van der Waals surface area contributed by atoms with Crippen LogP contribution in [0, 0.1) is 13.8 Å². The molecule has 0 bridgehead atoms. The van der Waals surface area contributed by atoms with E-state index in [9.17, 15) is 9.59 Å². The van der Waals surface area contributed by atoms with Gasteiger partial charge in [-0.3, -0.25) is 9.59 Å². The second-order valence-corrected chi connectivity index (χ2v) is 7.79. The van der Waals surface area contributed by atoms with E-state index in [4.69, 9.17) is 4.74 Å². The van der Waals surface area contributed by atoms with Gasteiger partial charge in [0.15, 0.2) is 5.82 Å². The number of nitrogens with zero attached hydrogens (tertiary/aromatic N) is 4. The van der Waals surface area contributed by atoms with Crippen LogP contribution in [0.5, 0.6) is 5.75 Å². The first-order chi connectivity index (χ1) is 15.4. The molecule has 10 nitrogen and oxygen atoms in total. The number of nitrogens with one attached hydrogen (secondary N) is 3. The summed E-state index contributed by atoms with van der Waals surface area (Å²) in [5.74, 6) is 1.20. The number of aromatic nitrogens is 4. The van der Waals surface area contributed by atoms with E-state index < -0.39 is 0 Å². The number of hydrogen-bond donors (Lipinski definition) is 3. The van der Waals surface area contributed by atoms with Crippen molar-refractivity contribution in [2.45, 2.75) is 38.9 Å². The highest BCUT2D eigenvalue weighted by Gasteiger charge is 2.30. The zero-order chi connectivity index (χ0) is 22.7. The van der Waals surface area contributed by atoms with Crippen molar-refractivity contribution in [3.8, 4) is 11.6 Å². The minimum absolute atomic E-state index is 0.00239. The van der Waals surface area contributed by atoms with Gasteiger partial charge in [0.1, 0.15) is 11.8 Å². The molecule has 1 fully saturated rings. The fourth-order valence-electron chi connectivity index (χ4n) is 3.79. The second kappa shape index (κ2) is 9.33. The molecule has 2 aromatic heterocycles. The molecule has 1 aliphatic rings. The van der Waals surface area contributed by atoms with Crippen LogP contribution in [0.25, 0.3) is 5.82 Å². The van der Waals surface area contributed by atoms with E-state index in [0.29, 0.717) is 12.2 Å². The van der Waals surface area contributed by atoms with Crippen LogP contribution in [-0.4, -0.2) is 45.2 Å². The lowest BCUT2D eigenvalue weighted by Gasteiger charge is -2.12. The van der Waals surface area contributed by atoms with Crippen LogP contribution >= 0.6 is 0 Å². The normalized spacial score (nSPS) is 18.0. The molecule has 1 saturated heterocycles. The van der Waals surface area contributed by atoms with Crippen LogP contribution in [0.1, 0.15) is 29.4 Å². The molecule has 3 aromatic rings. The maximum Gasteiger partial charge on any atom is 0.266 e. The summed E-state index contributed by atoms with van der Waals surface area (Å²) < 4.78 is 8.30. The van der Waals surface area contributed by atoms with E-state index in [1.807, 2.05) is 44.2 Å². The van der Waals surface area contributed by atoms with Crippen LogP contribution < -0.4 is 26.5 Å². The molecule has 2 unspecified atom stereocenters. The molecule has 1 amide bonds. The number of ether oxygens (including phenoxy) is 1. The molecule has 0 saturated carbocycles. The fraction of sp³-hybridized carbons (Fsp3) is 0.364. The number of carbonyl (C=O) groups is 1. The first-order valence-corrected chi connectivity index (χ1v) is 10.5. The summed E-state index contributed by atoms with van der Waals surface area (Å²) >= 11 is 0. The molecule has 0 aliphatic carbocycles. The van der Waals surface area contributed by atoms with Gasteiger partial charge in [-0.05, 0) is 50.1 Å². The number of carbonyl (C=O) groups excluding carboxylic acids is 1. The van der Waals surface area contributed by atoms with Crippen molar-refractivity contribution in [2.75, 3.05) is 13.7 Å². The van der Waals surface area contributed by atoms with Gasteiger partial charge in [-0.1, -0.05) is 12.1 Å². The van der Waals surface area contributed by atoms with Crippen LogP contribution in [-0.2, 0) is 11.3 Å². The number of methoxy groups -OCH3 is 1. The molecule has 0 spiro atoms. The molecule has 2 atom stereocenters. The third-order valence-electron chi connectivity index (χ3n) is 5.42. The first-order valence-electron chi connectivity index (χ1n) is 10.5. The number of hydrogen-bond acceptors (Lipinski definition) is 7. The molecular formula is C22H27N7O3. The molecule has 1 aliphatic heterocycles. The third kappa shape index (κ3) is 4.71. The van der Waals surface area contributed by atoms with Crippen LogP contribution in [0.2, 0.25) is 0 Å². The average molecular weight is 438 g/mol. The molecule has 3 heterocycles.